The zero-order chi connectivity index (χ0) is 18.5. The molecule has 1 aromatic carbocycles. The molecule has 0 aliphatic carbocycles. The summed E-state index contributed by atoms with van der Waals surface area (Å²) >= 11 is 6.03. The van der Waals surface area contributed by atoms with Crippen LogP contribution >= 0.6 is 36.4 Å². The number of pyridine rings is 1. The fourth-order valence-corrected chi connectivity index (χ4v) is 2.89. The van der Waals surface area contributed by atoms with Crippen molar-refractivity contribution in [1.82, 2.24) is 10.3 Å². The van der Waals surface area contributed by atoms with Crippen LogP contribution in [0.3, 0.4) is 0 Å². The molecule has 0 atom stereocenters. The van der Waals surface area contributed by atoms with Crippen molar-refractivity contribution < 1.29 is 14.3 Å². The van der Waals surface area contributed by atoms with Crippen LogP contribution in [0.4, 0.5) is 11.5 Å². The molecule has 0 radical (unpaired) electrons. The molecule has 1 saturated heterocycles. The SMILES string of the molecule is COc1cc(N)c(Cl)cc1C(=O)NCc1ccnc(N2CCOCC2)c1.Cl.Cl. The quantitative estimate of drug-likeness (QED) is 0.682. The number of morpholine rings is 1. The second-order valence-corrected chi connectivity index (χ2v) is 6.29. The second-order valence-electron chi connectivity index (χ2n) is 5.88. The summed E-state index contributed by atoms with van der Waals surface area (Å²) in [6.45, 7) is 3.37. The Morgan fingerprint density at radius 3 is 2.71 bits per heavy atom. The van der Waals surface area contributed by atoms with Gasteiger partial charge in [0.2, 0.25) is 0 Å². The second kappa shape index (κ2) is 11.2. The Hall–Kier alpha value is -1.93. The molecular formula is C18H23Cl3N4O3. The molecule has 1 aliphatic rings. The van der Waals surface area contributed by atoms with E-state index in [1.807, 2.05) is 12.1 Å². The summed E-state index contributed by atoms with van der Waals surface area (Å²) in [5.74, 6) is 0.981. The maximum atomic E-state index is 12.5. The van der Waals surface area contributed by atoms with Crippen molar-refractivity contribution in [1.29, 1.82) is 0 Å². The highest BCUT2D eigenvalue weighted by Gasteiger charge is 2.16. The van der Waals surface area contributed by atoms with E-state index in [-0.39, 0.29) is 30.7 Å². The van der Waals surface area contributed by atoms with Crippen LogP contribution in [-0.2, 0) is 11.3 Å². The topological polar surface area (TPSA) is 89.7 Å². The Labute approximate surface area is 181 Å². The van der Waals surface area contributed by atoms with Gasteiger partial charge in [-0.25, -0.2) is 4.98 Å². The number of nitrogens with zero attached hydrogens (tertiary/aromatic N) is 2. The number of carbonyl (C=O) groups is 1. The zero-order valence-electron chi connectivity index (χ0n) is 15.3. The number of carbonyl (C=O) groups excluding carboxylic acids is 1. The first-order chi connectivity index (χ1) is 12.6. The van der Waals surface area contributed by atoms with Crippen LogP contribution in [0.5, 0.6) is 5.75 Å². The highest BCUT2D eigenvalue weighted by molar-refractivity contribution is 6.33. The molecule has 0 saturated carbocycles. The highest BCUT2D eigenvalue weighted by Crippen LogP contribution is 2.28. The number of hydrogen-bond donors (Lipinski definition) is 2. The number of aromatic nitrogens is 1. The first kappa shape index (κ1) is 24.1. The number of nitrogens with two attached hydrogens (primary N) is 1. The molecule has 10 heteroatoms. The van der Waals surface area contributed by atoms with E-state index in [0.29, 0.717) is 41.8 Å². The highest BCUT2D eigenvalue weighted by atomic mass is 35.5. The molecular weight excluding hydrogens is 427 g/mol. The van der Waals surface area contributed by atoms with Gasteiger partial charge in [0.15, 0.2) is 0 Å². The Kier molecular flexibility index (Phi) is 9.61. The Balaban J connectivity index is 0.00000196. The van der Waals surface area contributed by atoms with Gasteiger partial charge >= 0.3 is 0 Å². The summed E-state index contributed by atoms with van der Waals surface area (Å²) in [5, 5.41) is 3.19. The third-order valence-electron chi connectivity index (χ3n) is 4.16. The van der Waals surface area contributed by atoms with Gasteiger partial charge in [-0.2, -0.15) is 0 Å². The molecule has 0 spiro atoms. The smallest absolute Gasteiger partial charge is 0.255 e. The fraction of sp³-hybridized carbons (Fsp3) is 0.333. The number of benzene rings is 1. The average molecular weight is 450 g/mol. The lowest BCUT2D eigenvalue weighted by Crippen LogP contribution is -2.36. The van der Waals surface area contributed by atoms with E-state index in [1.165, 1.54) is 13.2 Å². The van der Waals surface area contributed by atoms with Crippen molar-refractivity contribution in [3.8, 4) is 5.75 Å². The molecule has 2 aromatic rings. The van der Waals surface area contributed by atoms with Gasteiger partial charge in [0.05, 0.1) is 36.6 Å². The summed E-state index contributed by atoms with van der Waals surface area (Å²) in [6.07, 6.45) is 1.74. The number of nitrogens with one attached hydrogen (secondary N) is 1. The number of rotatable bonds is 5. The molecule has 2 heterocycles. The minimum Gasteiger partial charge on any atom is -0.496 e. The maximum absolute atomic E-state index is 12.5. The van der Waals surface area contributed by atoms with Crippen LogP contribution < -0.4 is 20.7 Å². The molecule has 0 unspecified atom stereocenters. The van der Waals surface area contributed by atoms with E-state index < -0.39 is 0 Å². The minimum atomic E-state index is -0.284. The lowest BCUT2D eigenvalue weighted by molar-refractivity contribution is 0.0948. The normalized spacial score (nSPS) is 13.1. The van der Waals surface area contributed by atoms with Gasteiger partial charge in [-0.05, 0) is 23.8 Å². The Morgan fingerprint density at radius 1 is 1.32 bits per heavy atom. The van der Waals surface area contributed by atoms with Crippen LogP contribution in [0.15, 0.2) is 30.5 Å². The molecule has 1 aromatic heterocycles. The lowest BCUT2D eigenvalue weighted by Gasteiger charge is -2.28. The van der Waals surface area contributed by atoms with Crippen LogP contribution in [0.2, 0.25) is 5.02 Å². The average Bonchev–Trinajstić information content (AvgIpc) is 2.68. The summed E-state index contributed by atoms with van der Waals surface area (Å²) in [5.41, 5.74) is 7.41. The summed E-state index contributed by atoms with van der Waals surface area (Å²) < 4.78 is 10.6. The van der Waals surface area contributed by atoms with E-state index in [4.69, 9.17) is 26.8 Å². The van der Waals surface area contributed by atoms with Crippen LogP contribution in [-0.4, -0.2) is 44.3 Å². The zero-order valence-corrected chi connectivity index (χ0v) is 17.7. The summed E-state index contributed by atoms with van der Waals surface area (Å²) in [4.78, 5) is 19.1. The number of hydrogen-bond acceptors (Lipinski definition) is 6. The predicted octanol–water partition coefficient (Wildman–Crippen LogP) is 2.94. The monoisotopic (exact) mass is 448 g/mol. The van der Waals surface area contributed by atoms with E-state index in [9.17, 15) is 4.79 Å². The number of amides is 1. The lowest BCUT2D eigenvalue weighted by atomic mass is 10.1. The van der Waals surface area contributed by atoms with Gasteiger partial charge in [0.1, 0.15) is 11.6 Å². The number of methoxy groups -OCH3 is 1. The van der Waals surface area contributed by atoms with Crippen molar-refractivity contribution in [2.24, 2.45) is 0 Å². The van der Waals surface area contributed by atoms with Gasteiger partial charge in [-0.3, -0.25) is 4.79 Å². The van der Waals surface area contributed by atoms with Crippen molar-refractivity contribution in [3.05, 3.63) is 46.6 Å². The molecule has 3 N–H and O–H groups in total. The van der Waals surface area contributed by atoms with E-state index in [1.54, 1.807) is 12.3 Å². The first-order valence-electron chi connectivity index (χ1n) is 8.27. The van der Waals surface area contributed by atoms with E-state index in [0.717, 1.165) is 24.5 Å². The van der Waals surface area contributed by atoms with Crippen LogP contribution in [0, 0.1) is 0 Å². The molecule has 7 nitrogen and oxygen atoms in total. The van der Waals surface area contributed by atoms with Gasteiger partial charge in [-0.1, -0.05) is 11.6 Å². The van der Waals surface area contributed by atoms with Crippen molar-refractivity contribution in [2.45, 2.75) is 6.54 Å². The van der Waals surface area contributed by atoms with Gasteiger partial charge in [0, 0.05) is 31.9 Å². The summed E-state index contributed by atoms with van der Waals surface area (Å²) in [6, 6.07) is 6.90. The van der Waals surface area contributed by atoms with Gasteiger partial charge in [0.25, 0.3) is 5.91 Å². The molecule has 1 aliphatic heterocycles. The van der Waals surface area contributed by atoms with E-state index in [2.05, 4.69) is 15.2 Å². The third-order valence-corrected chi connectivity index (χ3v) is 4.49. The molecule has 3 rings (SSSR count). The molecule has 0 bridgehead atoms. The van der Waals surface area contributed by atoms with Crippen LogP contribution in [0.1, 0.15) is 15.9 Å². The molecule has 154 valence electrons. The Bertz CT molecular complexity index is 802. The largest absolute Gasteiger partial charge is 0.496 e. The van der Waals surface area contributed by atoms with Gasteiger partial charge < -0.3 is 25.4 Å². The van der Waals surface area contributed by atoms with Crippen LogP contribution in [0.25, 0.3) is 0 Å². The number of halogens is 3. The standard InChI is InChI=1S/C18H21ClN4O3.2ClH/c1-25-16-10-15(20)14(19)9-13(16)18(24)22-11-12-2-3-21-17(8-12)23-4-6-26-7-5-23;;/h2-3,8-10H,4-7,11,20H2,1H3,(H,22,24);2*1H. The third kappa shape index (κ3) is 5.78. The number of anilines is 2. The molecule has 28 heavy (non-hydrogen) atoms. The first-order valence-corrected chi connectivity index (χ1v) is 8.65. The minimum absolute atomic E-state index is 0. The predicted molar refractivity (Wildman–Crippen MR) is 115 cm³/mol. The number of nitrogen functional groups attached to an aromatic ring is 1. The fourth-order valence-electron chi connectivity index (χ4n) is 2.73. The summed E-state index contributed by atoms with van der Waals surface area (Å²) in [7, 11) is 1.48. The van der Waals surface area contributed by atoms with Gasteiger partial charge in [-0.15, -0.1) is 24.8 Å². The van der Waals surface area contributed by atoms with Crippen molar-refractivity contribution >= 4 is 53.8 Å². The molecule has 1 amide bonds. The molecule has 1 fully saturated rings. The number of ether oxygens (including phenoxy) is 2. The maximum Gasteiger partial charge on any atom is 0.255 e. The van der Waals surface area contributed by atoms with E-state index >= 15 is 0 Å². The Morgan fingerprint density at radius 2 is 2.04 bits per heavy atom. The van der Waals surface area contributed by atoms with Crippen molar-refractivity contribution in [3.63, 3.8) is 0 Å². The van der Waals surface area contributed by atoms with Crippen molar-refractivity contribution in [2.75, 3.05) is 44.0 Å².